The van der Waals surface area contributed by atoms with Gasteiger partial charge in [-0.15, -0.1) is 6.58 Å². The minimum absolute atomic E-state index is 0.410. The van der Waals surface area contributed by atoms with Crippen LogP contribution < -0.4 is 10.5 Å². The molecule has 0 radical (unpaired) electrons. The summed E-state index contributed by atoms with van der Waals surface area (Å²) < 4.78 is 11.2. The Balaban J connectivity index is 2.03. The number of nitrogens with two attached hydrogens (primary N) is 1. The summed E-state index contributed by atoms with van der Waals surface area (Å²) >= 11 is 0. The summed E-state index contributed by atoms with van der Waals surface area (Å²) in [6.45, 7) is 4.56. The Morgan fingerprint density at radius 1 is 1.17 bits per heavy atom. The highest BCUT2D eigenvalue weighted by Gasteiger charge is 2.04. The number of hydrogen-bond donors (Lipinski definition) is 1. The first-order chi connectivity index (χ1) is 8.83. The first-order valence-electron chi connectivity index (χ1n) is 5.92. The number of benzene rings is 1. The molecule has 2 aromatic rings. The average Bonchev–Trinajstić information content (AvgIpc) is 2.86. The molecule has 2 N–H and O–H groups in total. The third kappa shape index (κ3) is 3.02. The highest BCUT2D eigenvalue weighted by Crippen LogP contribution is 2.20. The summed E-state index contributed by atoms with van der Waals surface area (Å²) in [5, 5.41) is 0. The number of ether oxygens (including phenoxy) is 1. The second-order valence-corrected chi connectivity index (χ2v) is 3.96. The molecule has 2 rings (SSSR count). The Hall–Kier alpha value is -2.00. The van der Waals surface area contributed by atoms with Gasteiger partial charge in [-0.05, 0) is 30.2 Å². The van der Waals surface area contributed by atoms with Crippen molar-refractivity contribution in [1.82, 2.24) is 0 Å². The van der Waals surface area contributed by atoms with E-state index in [4.69, 9.17) is 14.9 Å². The van der Waals surface area contributed by atoms with Gasteiger partial charge in [0.15, 0.2) is 0 Å². The second kappa shape index (κ2) is 6.07. The van der Waals surface area contributed by atoms with Gasteiger partial charge < -0.3 is 14.9 Å². The lowest BCUT2D eigenvalue weighted by Crippen LogP contribution is -1.97. The van der Waals surface area contributed by atoms with Crippen LogP contribution >= 0.6 is 0 Å². The molecule has 0 aliphatic heterocycles. The van der Waals surface area contributed by atoms with Crippen molar-refractivity contribution in [3.63, 3.8) is 0 Å². The van der Waals surface area contributed by atoms with Crippen LogP contribution in [0.25, 0.3) is 0 Å². The maximum absolute atomic E-state index is 5.75. The molecular weight excluding hydrogens is 226 g/mol. The van der Waals surface area contributed by atoms with Gasteiger partial charge in [-0.1, -0.05) is 24.3 Å². The first kappa shape index (κ1) is 12.5. The summed E-state index contributed by atoms with van der Waals surface area (Å²) in [4.78, 5) is 0. The SMILES string of the molecule is C=CCc1ccccc1OCc1ccc(CN)o1. The predicted octanol–water partition coefficient (Wildman–Crippen LogP) is 3.05. The molecule has 1 aromatic heterocycles. The van der Waals surface area contributed by atoms with E-state index in [-0.39, 0.29) is 0 Å². The van der Waals surface area contributed by atoms with Gasteiger partial charge in [0, 0.05) is 0 Å². The fourth-order valence-corrected chi connectivity index (χ4v) is 1.73. The van der Waals surface area contributed by atoms with Crippen molar-refractivity contribution in [2.24, 2.45) is 5.73 Å². The van der Waals surface area contributed by atoms with Crippen molar-refractivity contribution in [3.05, 3.63) is 66.1 Å². The highest BCUT2D eigenvalue weighted by molar-refractivity contribution is 5.34. The lowest BCUT2D eigenvalue weighted by molar-refractivity contribution is 0.264. The van der Waals surface area contributed by atoms with Gasteiger partial charge in [0.25, 0.3) is 0 Å². The molecule has 0 aliphatic carbocycles. The quantitative estimate of drug-likeness (QED) is 0.793. The van der Waals surface area contributed by atoms with E-state index < -0.39 is 0 Å². The van der Waals surface area contributed by atoms with E-state index in [0.29, 0.717) is 13.2 Å². The molecule has 3 nitrogen and oxygen atoms in total. The molecule has 1 heterocycles. The maximum atomic E-state index is 5.75. The third-order valence-electron chi connectivity index (χ3n) is 2.63. The number of hydrogen-bond acceptors (Lipinski definition) is 3. The molecule has 0 aliphatic rings. The molecule has 0 amide bonds. The first-order valence-corrected chi connectivity index (χ1v) is 5.92. The van der Waals surface area contributed by atoms with E-state index >= 15 is 0 Å². The Kier molecular flexibility index (Phi) is 4.20. The standard InChI is InChI=1S/C15H17NO2/c1-2-5-12-6-3-4-7-15(12)17-11-14-9-8-13(10-16)18-14/h2-4,6-9H,1,5,10-11,16H2. The molecule has 0 fully saturated rings. The molecule has 1 aromatic carbocycles. The molecular formula is C15H17NO2. The monoisotopic (exact) mass is 243 g/mol. The van der Waals surface area contributed by atoms with Crippen LogP contribution in [0.2, 0.25) is 0 Å². The summed E-state index contributed by atoms with van der Waals surface area (Å²) in [6.07, 6.45) is 2.66. The predicted molar refractivity (Wildman–Crippen MR) is 71.3 cm³/mol. The van der Waals surface area contributed by atoms with Crippen LogP contribution in [0, 0.1) is 0 Å². The second-order valence-electron chi connectivity index (χ2n) is 3.96. The van der Waals surface area contributed by atoms with E-state index in [1.165, 1.54) is 0 Å². The van der Waals surface area contributed by atoms with Crippen molar-refractivity contribution in [3.8, 4) is 5.75 Å². The number of rotatable bonds is 6. The molecule has 0 atom stereocenters. The smallest absolute Gasteiger partial charge is 0.146 e. The molecule has 3 heteroatoms. The zero-order valence-corrected chi connectivity index (χ0v) is 10.3. The van der Waals surface area contributed by atoms with Gasteiger partial charge in [0.05, 0.1) is 6.54 Å². The zero-order valence-electron chi connectivity index (χ0n) is 10.3. The summed E-state index contributed by atoms with van der Waals surface area (Å²) in [5.41, 5.74) is 6.61. The molecule has 0 unspecified atom stereocenters. The van der Waals surface area contributed by atoms with Crippen molar-refractivity contribution < 1.29 is 9.15 Å². The Morgan fingerprint density at radius 3 is 2.67 bits per heavy atom. The number of para-hydroxylation sites is 1. The zero-order chi connectivity index (χ0) is 12.8. The lowest BCUT2D eigenvalue weighted by atomic mass is 10.1. The van der Waals surface area contributed by atoms with Gasteiger partial charge in [-0.3, -0.25) is 0 Å². The normalized spacial score (nSPS) is 10.3. The summed E-state index contributed by atoms with van der Waals surface area (Å²) in [5.74, 6) is 2.42. The Labute approximate surface area is 107 Å². The van der Waals surface area contributed by atoms with Crippen LogP contribution in [0.1, 0.15) is 17.1 Å². The molecule has 94 valence electrons. The van der Waals surface area contributed by atoms with E-state index in [1.807, 2.05) is 42.5 Å². The van der Waals surface area contributed by atoms with Crippen LogP contribution in [-0.4, -0.2) is 0 Å². The largest absolute Gasteiger partial charge is 0.485 e. The van der Waals surface area contributed by atoms with E-state index in [1.54, 1.807) is 0 Å². The molecule has 0 saturated heterocycles. The number of furan rings is 1. The van der Waals surface area contributed by atoms with Crippen LogP contribution in [-0.2, 0) is 19.6 Å². The van der Waals surface area contributed by atoms with Crippen molar-refractivity contribution in [2.75, 3.05) is 0 Å². The molecule has 0 spiro atoms. The van der Waals surface area contributed by atoms with Gasteiger partial charge in [0.1, 0.15) is 23.9 Å². The summed E-state index contributed by atoms with van der Waals surface area (Å²) in [6, 6.07) is 11.7. The van der Waals surface area contributed by atoms with Crippen LogP contribution in [0.4, 0.5) is 0 Å². The fourth-order valence-electron chi connectivity index (χ4n) is 1.73. The average molecular weight is 243 g/mol. The van der Waals surface area contributed by atoms with Crippen LogP contribution in [0.5, 0.6) is 5.75 Å². The lowest BCUT2D eigenvalue weighted by Gasteiger charge is -2.08. The fraction of sp³-hybridized carbons (Fsp3) is 0.200. The highest BCUT2D eigenvalue weighted by atomic mass is 16.5. The van der Waals surface area contributed by atoms with Crippen molar-refractivity contribution >= 4 is 0 Å². The maximum Gasteiger partial charge on any atom is 0.146 e. The Morgan fingerprint density at radius 2 is 1.94 bits per heavy atom. The van der Waals surface area contributed by atoms with Gasteiger partial charge in [0.2, 0.25) is 0 Å². The van der Waals surface area contributed by atoms with E-state index in [2.05, 4.69) is 6.58 Å². The summed E-state index contributed by atoms with van der Waals surface area (Å²) in [7, 11) is 0. The minimum atomic E-state index is 0.410. The van der Waals surface area contributed by atoms with Gasteiger partial charge >= 0.3 is 0 Å². The molecule has 0 saturated carbocycles. The van der Waals surface area contributed by atoms with Crippen molar-refractivity contribution in [2.45, 2.75) is 19.6 Å². The topological polar surface area (TPSA) is 48.4 Å². The minimum Gasteiger partial charge on any atom is -0.485 e. The molecule has 0 bridgehead atoms. The van der Waals surface area contributed by atoms with Crippen LogP contribution in [0.3, 0.4) is 0 Å². The van der Waals surface area contributed by atoms with E-state index in [9.17, 15) is 0 Å². The third-order valence-corrected chi connectivity index (χ3v) is 2.63. The van der Waals surface area contributed by atoms with Gasteiger partial charge in [-0.25, -0.2) is 0 Å². The van der Waals surface area contributed by atoms with Crippen LogP contribution in [0.15, 0.2) is 53.5 Å². The van der Waals surface area contributed by atoms with E-state index in [0.717, 1.165) is 29.3 Å². The van der Waals surface area contributed by atoms with Crippen molar-refractivity contribution in [1.29, 1.82) is 0 Å². The number of allylic oxidation sites excluding steroid dienone is 1. The Bertz CT molecular complexity index is 517. The molecule has 18 heavy (non-hydrogen) atoms. The van der Waals surface area contributed by atoms with Gasteiger partial charge in [-0.2, -0.15) is 0 Å².